The van der Waals surface area contributed by atoms with E-state index in [-0.39, 0.29) is 0 Å². The molecule has 7 heteroatoms. The lowest BCUT2D eigenvalue weighted by Gasteiger charge is -2.33. The van der Waals surface area contributed by atoms with Crippen molar-refractivity contribution in [1.29, 1.82) is 0 Å². The van der Waals surface area contributed by atoms with Crippen LogP contribution in [0.2, 0.25) is 0 Å². The van der Waals surface area contributed by atoms with Crippen molar-refractivity contribution in [3.05, 3.63) is 40.2 Å². The maximum atomic E-state index is 11.5. The van der Waals surface area contributed by atoms with Gasteiger partial charge in [0.25, 0.3) is 0 Å². The minimum Gasteiger partial charge on any atom is -0.481 e. The van der Waals surface area contributed by atoms with Crippen LogP contribution in [0.3, 0.4) is 0 Å². The van der Waals surface area contributed by atoms with E-state index in [0.717, 1.165) is 10.9 Å². The Morgan fingerprint density at radius 1 is 1.32 bits per heavy atom. The first kappa shape index (κ1) is 14.1. The molecule has 0 aliphatic carbocycles. The van der Waals surface area contributed by atoms with E-state index in [1.165, 1.54) is 6.07 Å². The Labute approximate surface area is 125 Å². The summed E-state index contributed by atoms with van der Waals surface area (Å²) in [5.41, 5.74) is 7.89. The number of hydrazone groups is 1. The highest BCUT2D eigenvalue weighted by Gasteiger charge is 2.35. The lowest BCUT2D eigenvalue weighted by molar-refractivity contribution is 0.170. The largest absolute Gasteiger partial charge is 0.481 e. The Balaban J connectivity index is 2.15. The number of nitrogens with one attached hydrogen (secondary N) is 1. The van der Waals surface area contributed by atoms with Crippen LogP contribution in [0, 0.1) is 0 Å². The van der Waals surface area contributed by atoms with Crippen LogP contribution in [-0.2, 0) is 6.42 Å². The van der Waals surface area contributed by atoms with Crippen molar-refractivity contribution in [3.63, 3.8) is 0 Å². The summed E-state index contributed by atoms with van der Waals surface area (Å²) < 4.78 is 11.2. The molecule has 22 heavy (non-hydrogen) atoms. The van der Waals surface area contributed by atoms with Gasteiger partial charge in [-0.15, -0.1) is 0 Å². The molecule has 0 saturated heterocycles. The quantitative estimate of drug-likeness (QED) is 0.615. The molecule has 1 aromatic heterocycles. The average Bonchev–Trinajstić information content (AvgIpc) is 2.44. The minimum atomic E-state index is -0.751. The molecule has 3 N–H and O–H groups in total. The highest BCUT2D eigenvalue weighted by atomic mass is 16.5. The number of carbonyl (C=O) groups excluding carboxylic acids is 1. The fourth-order valence-corrected chi connectivity index (χ4v) is 2.45. The molecule has 114 valence electrons. The summed E-state index contributed by atoms with van der Waals surface area (Å²) in [7, 11) is 0. The van der Waals surface area contributed by atoms with Crippen LogP contribution in [0.15, 0.2) is 38.6 Å². The maximum Gasteiger partial charge on any atom is 0.336 e. The van der Waals surface area contributed by atoms with Crippen molar-refractivity contribution >= 4 is 22.7 Å². The predicted octanol–water partition coefficient (Wildman–Crippen LogP) is 1.53. The molecule has 3 rings (SSSR count). The second kappa shape index (κ2) is 4.87. The topological polar surface area (TPSA) is 107 Å². The summed E-state index contributed by atoms with van der Waals surface area (Å²) in [5.74, 6) is 0.630. The third-order valence-corrected chi connectivity index (χ3v) is 3.55. The van der Waals surface area contributed by atoms with Crippen molar-refractivity contribution in [2.45, 2.75) is 25.9 Å². The Kier molecular flexibility index (Phi) is 3.13. The Morgan fingerprint density at radius 2 is 2.05 bits per heavy atom. The number of primary amides is 1. The molecule has 1 aliphatic heterocycles. The molecule has 0 bridgehead atoms. The average molecular weight is 301 g/mol. The smallest absolute Gasteiger partial charge is 0.336 e. The highest BCUT2D eigenvalue weighted by molar-refractivity contribution is 5.99. The first-order chi connectivity index (χ1) is 10.4. The van der Waals surface area contributed by atoms with Crippen LogP contribution in [0.4, 0.5) is 4.79 Å². The van der Waals surface area contributed by atoms with E-state index in [1.807, 2.05) is 26.0 Å². The van der Waals surface area contributed by atoms with Crippen molar-refractivity contribution in [1.82, 2.24) is 5.43 Å². The van der Waals surface area contributed by atoms with Crippen molar-refractivity contribution in [3.8, 4) is 5.75 Å². The molecule has 0 spiro atoms. The molecule has 0 atom stereocenters. The summed E-state index contributed by atoms with van der Waals surface area (Å²) in [5, 5.41) is 4.81. The van der Waals surface area contributed by atoms with E-state index in [9.17, 15) is 9.59 Å². The number of rotatable bonds is 1. The van der Waals surface area contributed by atoms with Gasteiger partial charge in [-0.3, -0.25) is 0 Å². The lowest BCUT2D eigenvalue weighted by atomic mass is 9.91. The van der Waals surface area contributed by atoms with Crippen LogP contribution >= 0.6 is 0 Å². The predicted molar refractivity (Wildman–Crippen MR) is 81.0 cm³/mol. The third-order valence-electron chi connectivity index (χ3n) is 3.55. The number of nitrogens with zero attached hydrogens (tertiary/aromatic N) is 1. The third kappa shape index (κ3) is 2.41. The van der Waals surface area contributed by atoms with E-state index in [4.69, 9.17) is 14.9 Å². The van der Waals surface area contributed by atoms with Crippen molar-refractivity contribution in [2.24, 2.45) is 10.8 Å². The zero-order valence-corrected chi connectivity index (χ0v) is 12.2. The molecule has 1 aliphatic rings. The van der Waals surface area contributed by atoms with Gasteiger partial charge in [-0.05, 0) is 32.0 Å². The number of carbonyl (C=O) groups is 1. The van der Waals surface area contributed by atoms with Gasteiger partial charge in [-0.25, -0.2) is 15.0 Å². The van der Waals surface area contributed by atoms with E-state index in [0.29, 0.717) is 23.5 Å². The van der Waals surface area contributed by atoms with Crippen LogP contribution in [0.5, 0.6) is 5.75 Å². The number of hydrogen-bond donors (Lipinski definition) is 2. The molecule has 2 aromatic rings. The van der Waals surface area contributed by atoms with Gasteiger partial charge in [-0.1, -0.05) is 0 Å². The van der Waals surface area contributed by atoms with Gasteiger partial charge in [0, 0.05) is 23.4 Å². The second-order valence-electron chi connectivity index (χ2n) is 5.54. The van der Waals surface area contributed by atoms with Gasteiger partial charge < -0.3 is 14.9 Å². The van der Waals surface area contributed by atoms with E-state index in [1.54, 1.807) is 6.07 Å². The zero-order chi connectivity index (χ0) is 15.9. The number of fused-ring (bicyclic) bond motifs is 3. The molecule has 1 aromatic carbocycles. The van der Waals surface area contributed by atoms with Gasteiger partial charge >= 0.3 is 11.7 Å². The Bertz CT molecular complexity index is 851. The number of urea groups is 1. The number of nitrogens with two attached hydrogens (primary N) is 1. The molecule has 0 unspecified atom stereocenters. The maximum absolute atomic E-state index is 11.5. The van der Waals surface area contributed by atoms with E-state index < -0.39 is 17.3 Å². The SMILES string of the molecule is CC1(C)Oc2ccc3ccc(=O)oc3c2CC1=NNC(N)=O. The van der Waals surface area contributed by atoms with E-state index >= 15 is 0 Å². The second-order valence-corrected chi connectivity index (χ2v) is 5.54. The van der Waals surface area contributed by atoms with Gasteiger partial charge in [0.05, 0.1) is 5.71 Å². The molecular weight excluding hydrogens is 286 g/mol. The Morgan fingerprint density at radius 3 is 2.77 bits per heavy atom. The standard InChI is InChI=1S/C15H15N3O4/c1-15(2)11(17-18-14(16)20)7-9-10(22-15)5-3-8-4-6-12(19)21-13(8)9/h3-6H,7H2,1-2H3,(H3,16,18,20). The van der Waals surface area contributed by atoms with Crippen LogP contribution in [-0.4, -0.2) is 17.3 Å². The molecular formula is C15H15N3O4. The molecule has 0 radical (unpaired) electrons. The summed E-state index contributed by atoms with van der Waals surface area (Å²) in [6, 6.07) is 5.97. The number of ether oxygens (including phenoxy) is 1. The van der Waals surface area contributed by atoms with Gasteiger partial charge in [0.1, 0.15) is 16.9 Å². The minimum absolute atomic E-state index is 0.382. The fraction of sp³-hybridized carbons (Fsp3) is 0.267. The monoisotopic (exact) mass is 301 g/mol. The van der Waals surface area contributed by atoms with Crippen LogP contribution < -0.4 is 21.5 Å². The molecule has 2 heterocycles. The molecule has 2 amide bonds. The lowest BCUT2D eigenvalue weighted by Crippen LogP contribution is -2.44. The summed E-state index contributed by atoms with van der Waals surface area (Å²) in [4.78, 5) is 22.3. The summed E-state index contributed by atoms with van der Waals surface area (Å²) >= 11 is 0. The zero-order valence-electron chi connectivity index (χ0n) is 12.2. The molecule has 0 fully saturated rings. The fourth-order valence-electron chi connectivity index (χ4n) is 2.45. The number of hydrogen-bond acceptors (Lipinski definition) is 5. The van der Waals surface area contributed by atoms with Gasteiger partial charge in [-0.2, -0.15) is 5.10 Å². The summed E-state index contributed by atoms with van der Waals surface area (Å²) in [6.07, 6.45) is 0.382. The highest BCUT2D eigenvalue weighted by Crippen LogP contribution is 2.35. The van der Waals surface area contributed by atoms with Gasteiger partial charge in [0.2, 0.25) is 0 Å². The van der Waals surface area contributed by atoms with Crippen LogP contribution in [0.25, 0.3) is 11.0 Å². The number of amides is 2. The first-order valence-corrected chi connectivity index (χ1v) is 6.74. The van der Waals surface area contributed by atoms with Crippen molar-refractivity contribution < 1.29 is 13.9 Å². The van der Waals surface area contributed by atoms with E-state index in [2.05, 4.69) is 10.5 Å². The normalized spacial score (nSPS) is 17.8. The number of benzene rings is 1. The molecule has 0 saturated carbocycles. The van der Waals surface area contributed by atoms with Crippen LogP contribution in [0.1, 0.15) is 19.4 Å². The first-order valence-electron chi connectivity index (χ1n) is 6.74. The Hall–Kier alpha value is -2.83. The van der Waals surface area contributed by atoms with Gasteiger partial charge in [0.15, 0.2) is 0 Å². The summed E-state index contributed by atoms with van der Waals surface area (Å²) in [6.45, 7) is 3.67. The molecule has 7 nitrogen and oxygen atoms in total. The van der Waals surface area contributed by atoms with Crippen molar-refractivity contribution in [2.75, 3.05) is 0 Å².